The van der Waals surface area contributed by atoms with Crippen molar-refractivity contribution in [3.8, 4) is 0 Å². The SMILES string of the molecule is C[C@]12CCNC(=O)O[C@H]1CC[C@@H]1[C@@H]2CC[C@]2(C)C(c3cccnc3)=CC[C@@H]12. The fourth-order valence-electron chi connectivity index (χ4n) is 7.10. The van der Waals surface area contributed by atoms with Gasteiger partial charge in [-0.05, 0) is 78.9 Å². The number of pyridine rings is 1. The van der Waals surface area contributed by atoms with Crippen LogP contribution in [0.1, 0.15) is 57.9 Å². The van der Waals surface area contributed by atoms with Crippen molar-refractivity contribution in [2.75, 3.05) is 6.54 Å². The second kappa shape index (κ2) is 6.08. The molecule has 3 aliphatic carbocycles. The van der Waals surface area contributed by atoms with Gasteiger partial charge < -0.3 is 10.1 Å². The zero-order valence-electron chi connectivity index (χ0n) is 16.4. The summed E-state index contributed by atoms with van der Waals surface area (Å²) < 4.78 is 5.82. The molecule has 6 atom stereocenters. The number of rotatable bonds is 1. The minimum absolute atomic E-state index is 0.0813. The number of carbonyl (C=O) groups is 1. The minimum atomic E-state index is -0.218. The number of alkyl carbamates (subject to hydrolysis) is 1. The quantitative estimate of drug-likeness (QED) is 0.775. The van der Waals surface area contributed by atoms with E-state index in [0.29, 0.717) is 11.8 Å². The molecule has 0 radical (unpaired) electrons. The molecule has 1 aliphatic heterocycles. The number of aromatic nitrogens is 1. The molecule has 0 unspecified atom stereocenters. The van der Waals surface area contributed by atoms with Crippen LogP contribution in [0.5, 0.6) is 0 Å². The Labute approximate surface area is 161 Å². The molecule has 0 bridgehead atoms. The predicted octanol–water partition coefficient (Wildman–Crippen LogP) is 4.82. The largest absolute Gasteiger partial charge is 0.446 e. The summed E-state index contributed by atoms with van der Waals surface area (Å²) in [5, 5.41) is 2.93. The lowest BCUT2D eigenvalue weighted by molar-refractivity contribution is -0.113. The molecule has 2 heterocycles. The van der Waals surface area contributed by atoms with Crippen LogP contribution in [-0.4, -0.2) is 23.7 Å². The number of ether oxygens (including phenoxy) is 1. The molecular formula is C23H30N2O2. The van der Waals surface area contributed by atoms with Gasteiger partial charge in [0.05, 0.1) is 0 Å². The van der Waals surface area contributed by atoms with E-state index >= 15 is 0 Å². The zero-order valence-corrected chi connectivity index (χ0v) is 16.4. The predicted molar refractivity (Wildman–Crippen MR) is 105 cm³/mol. The van der Waals surface area contributed by atoms with Gasteiger partial charge in [0.1, 0.15) is 6.10 Å². The van der Waals surface area contributed by atoms with Gasteiger partial charge in [-0.3, -0.25) is 4.98 Å². The van der Waals surface area contributed by atoms with Crippen molar-refractivity contribution in [2.45, 2.75) is 58.5 Å². The van der Waals surface area contributed by atoms with E-state index in [0.717, 1.165) is 25.3 Å². The number of amides is 1. The third-order valence-electron chi connectivity index (χ3n) is 8.52. The van der Waals surface area contributed by atoms with Gasteiger partial charge in [0.25, 0.3) is 0 Å². The lowest BCUT2D eigenvalue weighted by atomic mass is 9.48. The maximum absolute atomic E-state index is 11.9. The Kier molecular flexibility index (Phi) is 3.89. The molecule has 1 N–H and O–H groups in total. The topological polar surface area (TPSA) is 51.2 Å². The second-order valence-corrected chi connectivity index (χ2v) is 9.58. The molecule has 1 amide bonds. The molecule has 0 aromatic carbocycles. The first-order valence-electron chi connectivity index (χ1n) is 10.6. The van der Waals surface area contributed by atoms with Crippen molar-refractivity contribution in [3.63, 3.8) is 0 Å². The highest BCUT2D eigenvalue weighted by molar-refractivity contribution is 5.72. The van der Waals surface area contributed by atoms with Gasteiger partial charge in [0, 0.05) is 24.4 Å². The van der Waals surface area contributed by atoms with Crippen LogP contribution in [0.3, 0.4) is 0 Å². The minimum Gasteiger partial charge on any atom is -0.446 e. The van der Waals surface area contributed by atoms with Crippen molar-refractivity contribution in [2.24, 2.45) is 28.6 Å². The summed E-state index contributed by atoms with van der Waals surface area (Å²) in [7, 11) is 0. The van der Waals surface area contributed by atoms with Crippen molar-refractivity contribution < 1.29 is 9.53 Å². The van der Waals surface area contributed by atoms with E-state index in [9.17, 15) is 4.79 Å². The van der Waals surface area contributed by atoms with Crippen LogP contribution < -0.4 is 5.32 Å². The van der Waals surface area contributed by atoms with Crippen LogP contribution >= 0.6 is 0 Å². The fourth-order valence-corrected chi connectivity index (χ4v) is 7.10. The van der Waals surface area contributed by atoms with Gasteiger partial charge in [-0.1, -0.05) is 26.0 Å². The first-order chi connectivity index (χ1) is 13.0. The Morgan fingerprint density at radius 3 is 2.89 bits per heavy atom. The van der Waals surface area contributed by atoms with Crippen LogP contribution in [0.4, 0.5) is 4.79 Å². The Morgan fingerprint density at radius 2 is 2.07 bits per heavy atom. The summed E-state index contributed by atoms with van der Waals surface area (Å²) in [4.78, 5) is 16.3. The average Bonchev–Trinajstić information content (AvgIpc) is 2.93. The standard InChI is InChI=1S/C23H30N2O2/c1-22-10-9-19-16(5-8-20-23(19,2)11-13-25-21(26)27-20)18(22)7-6-17(22)15-4-3-12-24-14-15/h3-4,6,12,14,16,18-20H,5,7-11,13H2,1-2H3,(H,25,26)/t16-,18-,19-,20-,22+,23+/m0/s1. The van der Waals surface area contributed by atoms with E-state index in [-0.39, 0.29) is 23.0 Å². The van der Waals surface area contributed by atoms with E-state index in [1.165, 1.54) is 36.8 Å². The molecule has 4 aliphatic rings. The van der Waals surface area contributed by atoms with E-state index in [1.54, 1.807) is 0 Å². The van der Waals surface area contributed by atoms with Crippen LogP contribution in [-0.2, 0) is 4.74 Å². The Balaban J connectivity index is 1.45. The van der Waals surface area contributed by atoms with E-state index in [1.807, 2.05) is 12.4 Å². The second-order valence-electron chi connectivity index (χ2n) is 9.58. The third-order valence-corrected chi connectivity index (χ3v) is 8.52. The van der Waals surface area contributed by atoms with Crippen molar-refractivity contribution >= 4 is 11.7 Å². The average molecular weight is 367 g/mol. The Hall–Kier alpha value is -1.84. The summed E-state index contributed by atoms with van der Waals surface area (Å²) in [5.74, 6) is 2.09. The molecule has 4 heteroatoms. The third kappa shape index (κ3) is 2.48. The summed E-state index contributed by atoms with van der Waals surface area (Å²) in [5.41, 5.74) is 3.18. The lowest BCUT2D eigenvalue weighted by Gasteiger charge is -2.57. The molecule has 2 saturated carbocycles. The molecule has 5 rings (SSSR count). The number of hydrogen-bond acceptors (Lipinski definition) is 3. The number of hydrogen-bond donors (Lipinski definition) is 1. The molecule has 3 fully saturated rings. The maximum atomic E-state index is 11.9. The summed E-state index contributed by atoms with van der Waals surface area (Å²) in [6.07, 6.45) is 13.1. The summed E-state index contributed by atoms with van der Waals surface area (Å²) in [6.45, 7) is 5.63. The number of nitrogens with zero attached hydrogens (tertiary/aromatic N) is 1. The molecule has 1 saturated heterocycles. The summed E-state index contributed by atoms with van der Waals surface area (Å²) in [6, 6.07) is 4.27. The molecular weight excluding hydrogens is 336 g/mol. The van der Waals surface area contributed by atoms with Gasteiger partial charge in [-0.15, -0.1) is 0 Å². The highest BCUT2D eigenvalue weighted by Crippen LogP contribution is 2.65. The number of nitrogens with one attached hydrogen (secondary N) is 1. The first-order valence-corrected chi connectivity index (χ1v) is 10.6. The molecule has 1 aromatic rings. The van der Waals surface area contributed by atoms with Crippen LogP contribution in [0.2, 0.25) is 0 Å². The van der Waals surface area contributed by atoms with Gasteiger partial charge in [-0.2, -0.15) is 0 Å². The molecule has 144 valence electrons. The Morgan fingerprint density at radius 1 is 1.19 bits per heavy atom. The molecule has 4 nitrogen and oxygen atoms in total. The van der Waals surface area contributed by atoms with Crippen LogP contribution in [0.25, 0.3) is 5.57 Å². The van der Waals surface area contributed by atoms with Gasteiger partial charge in [0.15, 0.2) is 0 Å². The first kappa shape index (κ1) is 17.3. The number of allylic oxidation sites excluding steroid dienone is 2. The molecule has 27 heavy (non-hydrogen) atoms. The van der Waals surface area contributed by atoms with E-state index in [4.69, 9.17) is 4.74 Å². The van der Waals surface area contributed by atoms with E-state index < -0.39 is 0 Å². The van der Waals surface area contributed by atoms with Gasteiger partial charge >= 0.3 is 6.09 Å². The van der Waals surface area contributed by atoms with Gasteiger partial charge in [-0.25, -0.2) is 4.79 Å². The molecule has 0 spiro atoms. The smallest absolute Gasteiger partial charge is 0.407 e. The van der Waals surface area contributed by atoms with Gasteiger partial charge in [0.2, 0.25) is 0 Å². The lowest BCUT2D eigenvalue weighted by Crippen LogP contribution is -2.53. The molecule has 1 aromatic heterocycles. The highest BCUT2D eigenvalue weighted by atomic mass is 16.6. The van der Waals surface area contributed by atoms with Crippen LogP contribution in [0, 0.1) is 28.6 Å². The van der Waals surface area contributed by atoms with Crippen molar-refractivity contribution in [3.05, 3.63) is 36.2 Å². The number of carbonyl (C=O) groups excluding carboxylic acids is 1. The highest BCUT2D eigenvalue weighted by Gasteiger charge is 2.59. The zero-order chi connectivity index (χ0) is 18.6. The van der Waals surface area contributed by atoms with Crippen molar-refractivity contribution in [1.29, 1.82) is 0 Å². The normalized spacial score (nSPS) is 43.3. The maximum Gasteiger partial charge on any atom is 0.407 e. The van der Waals surface area contributed by atoms with Crippen molar-refractivity contribution in [1.82, 2.24) is 10.3 Å². The monoisotopic (exact) mass is 366 g/mol. The van der Waals surface area contributed by atoms with Crippen LogP contribution in [0.15, 0.2) is 30.6 Å². The number of fused-ring (bicyclic) bond motifs is 5. The summed E-state index contributed by atoms with van der Waals surface area (Å²) >= 11 is 0. The fraction of sp³-hybridized carbons (Fsp3) is 0.652. The van der Waals surface area contributed by atoms with E-state index in [2.05, 4.69) is 42.4 Å². The Bertz CT molecular complexity index is 776.